The number of nitrogens with one attached hydrogen (secondary N) is 1. The predicted octanol–water partition coefficient (Wildman–Crippen LogP) is 1.18. The van der Waals surface area contributed by atoms with Gasteiger partial charge in [0, 0.05) is 44.6 Å². The maximum absolute atomic E-state index is 13.3. The zero-order valence-electron chi connectivity index (χ0n) is 17.0. The number of hydrogen-bond donors (Lipinski definition) is 1. The standard InChI is InChI=1S/C21H24N4O4S/c1-4-16-8-7-9-17(12-16)25(15-20(26)22-2)21(27)19-13-18(14-23(19)3)30(28,29)24-10-5-6-11-24/h1,7-9,12-14H,5-6,10-11,15H2,2-3H3,(H,22,26). The largest absolute Gasteiger partial charge is 0.358 e. The van der Waals surface area contributed by atoms with Crippen LogP contribution >= 0.6 is 0 Å². The second-order valence-electron chi connectivity index (χ2n) is 7.04. The van der Waals surface area contributed by atoms with Gasteiger partial charge in [0.25, 0.3) is 5.91 Å². The van der Waals surface area contributed by atoms with Gasteiger partial charge < -0.3 is 9.88 Å². The number of amides is 2. The molecule has 8 nitrogen and oxygen atoms in total. The molecule has 0 saturated carbocycles. The molecule has 3 rings (SSSR count). The third-order valence-corrected chi connectivity index (χ3v) is 6.92. The summed E-state index contributed by atoms with van der Waals surface area (Å²) in [5.74, 6) is 1.64. The lowest BCUT2D eigenvalue weighted by Crippen LogP contribution is -2.40. The third kappa shape index (κ3) is 4.25. The molecule has 0 spiro atoms. The highest BCUT2D eigenvalue weighted by molar-refractivity contribution is 7.89. The average molecular weight is 429 g/mol. The summed E-state index contributed by atoms with van der Waals surface area (Å²) in [7, 11) is -0.585. The number of nitrogens with zero attached hydrogens (tertiary/aromatic N) is 3. The zero-order chi connectivity index (χ0) is 21.9. The van der Waals surface area contributed by atoms with E-state index in [0.29, 0.717) is 24.3 Å². The van der Waals surface area contributed by atoms with E-state index < -0.39 is 15.9 Å². The third-order valence-electron chi connectivity index (χ3n) is 5.05. The predicted molar refractivity (Wildman–Crippen MR) is 114 cm³/mol. The van der Waals surface area contributed by atoms with Gasteiger partial charge in [-0.05, 0) is 37.1 Å². The summed E-state index contributed by atoms with van der Waals surface area (Å²) in [5.41, 5.74) is 1.17. The highest BCUT2D eigenvalue weighted by Gasteiger charge is 2.31. The second kappa shape index (κ2) is 8.73. The van der Waals surface area contributed by atoms with Gasteiger partial charge in [0.05, 0.1) is 0 Å². The van der Waals surface area contributed by atoms with Crippen molar-refractivity contribution < 1.29 is 18.0 Å². The molecule has 0 bridgehead atoms. The number of rotatable bonds is 6. The summed E-state index contributed by atoms with van der Waals surface area (Å²) in [5, 5.41) is 2.50. The van der Waals surface area contributed by atoms with Gasteiger partial charge in [0.1, 0.15) is 17.1 Å². The van der Waals surface area contributed by atoms with Gasteiger partial charge >= 0.3 is 0 Å². The number of carbonyl (C=O) groups is 2. The summed E-state index contributed by atoms with van der Waals surface area (Å²) in [4.78, 5) is 26.7. The van der Waals surface area contributed by atoms with Gasteiger partial charge in [-0.2, -0.15) is 4.31 Å². The molecular formula is C21H24N4O4S. The first-order valence-electron chi connectivity index (χ1n) is 9.53. The Morgan fingerprint density at radius 2 is 1.93 bits per heavy atom. The Bertz CT molecular complexity index is 1110. The SMILES string of the molecule is C#Cc1cccc(N(CC(=O)NC)C(=O)c2cc(S(=O)(=O)N3CCCC3)cn2C)c1. The van der Waals surface area contributed by atoms with E-state index in [1.54, 1.807) is 31.3 Å². The van der Waals surface area contributed by atoms with Crippen molar-refractivity contribution in [1.82, 2.24) is 14.2 Å². The molecule has 9 heteroatoms. The van der Waals surface area contributed by atoms with Crippen molar-refractivity contribution in [2.75, 3.05) is 31.6 Å². The van der Waals surface area contributed by atoms with Crippen LogP contribution in [0.15, 0.2) is 41.4 Å². The van der Waals surface area contributed by atoms with Crippen molar-refractivity contribution in [2.45, 2.75) is 17.7 Å². The van der Waals surface area contributed by atoms with Gasteiger partial charge in [-0.1, -0.05) is 12.0 Å². The molecule has 1 saturated heterocycles. The minimum absolute atomic E-state index is 0.0625. The van der Waals surface area contributed by atoms with E-state index >= 15 is 0 Å². The van der Waals surface area contributed by atoms with Gasteiger partial charge in [-0.15, -0.1) is 6.42 Å². The van der Waals surface area contributed by atoms with Gasteiger partial charge in [0.2, 0.25) is 15.9 Å². The molecule has 1 aromatic heterocycles. The van der Waals surface area contributed by atoms with Crippen molar-refractivity contribution in [1.29, 1.82) is 0 Å². The highest BCUT2D eigenvalue weighted by atomic mass is 32.2. The van der Waals surface area contributed by atoms with Crippen LogP contribution in [0.5, 0.6) is 0 Å². The quantitative estimate of drug-likeness (QED) is 0.700. The normalized spacial score (nSPS) is 14.3. The van der Waals surface area contributed by atoms with Crippen molar-refractivity contribution >= 4 is 27.5 Å². The summed E-state index contributed by atoms with van der Waals surface area (Å²) < 4.78 is 28.6. The van der Waals surface area contributed by atoms with E-state index in [1.807, 2.05) is 0 Å². The summed E-state index contributed by atoms with van der Waals surface area (Å²) in [6.45, 7) is 0.715. The number of aromatic nitrogens is 1. The van der Waals surface area contributed by atoms with Crippen LogP contribution in [0.1, 0.15) is 28.9 Å². The molecule has 0 unspecified atom stereocenters. The number of carbonyl (C=O) groups excluding carboxylic acids is 2. The van der Waals surface area contributed by atoms with E-state index in [0.717, 1.165) is 12.8 Å². The monoisotopic (exact) mass is 428 g/mol. The van der Waals surface area contributed by atoms with Crippen molar-refractivity contribution in [2.24, 2.45) is 7.05 Å². The Hall–Kier alpha value is -3.09. The Balaban J connectivity index is 1.99. The summed E-state index contributed by atoms with van der Waals surface area (Å²) in [6.07, 6.45) is 8.53. The van der Waals surface area contributed by atoms with Gasteiger partial charge in [0.15, 0.2) is 0 Å². The fraction of sp³-hybridized carbons (Fsp3) is 0.333. The van der Waals surface area contributed by atoms with Crippen molar-refractivity contribution in [3.05, 3.63) is 47.8 Å². The number of likely N-dealkylation sites (N-methyl/N-ethyl adjacent to an activating group) is 1. The molecule has 1 fully saturated rings. The lowest BCUT2D eigenvalue weighted by atomic mass is 10.2. The maximum atomic E-state index is 13.3. The van der Waals surface area contributed by atoms with Crippen LogP contribution in [-0.4, -0.2) is 55.8 Å². The van der Waals surface area contributed by atoms with Crippen molar-refractivity contribution in [3.63, 3.8) is 0 Å². The molecule has 1 aromatic carbocycles. The molecule has 2 amide bonds. The molecule has 2 aromatic rings. The maximum Gasteiger partial charge on any atom is 0.275 e. The van der Waals surface area contributed by atoms with Gasteiger partial charge in [-0.3, -0.25) is 14.5 Å². The molecule has 158 valence electrons. The number of aryl methyl sites for hydroxylation is 1. The van der Waals surface area contributed by atoms with Crippen LogP contribution in [0.3, 0.4) is 0 Å². The van der Waals surface area contributed by atoms with Crippen LogP contribution in [0.25, 0.3) is 0 Å². The highest BCUT2D eigenvalue weighted by Crippen LogP contribution is 2.25. The zero-order valence-corrected chi connectivity index (χ0v) is 17.8. The first kappa shape index (κ1) is 21.6. The van der Waals surface area contributed by atoms with E-state index in [9.17, 15) is 18.0 Å². The minimum Gasteiger partial charge on any atom is -0.358 e. The number of anilines is 1. The Morgan fingerprint density at radius 3 is 2.57 bits per heavy atom. The van der Waals surface area contributed by atoms with Crippen molar-refractivity contribution in [3.8, 4) is 12.3 Å². The van der Waals surface area contributed by atoms with Gasteiger partial charge in [-0.25, -0.2) is 8.42 Å². The Labute approximate surface area is 176 Å². The van der Waals surface area contributed by atoms with Crippen LogP contribution in [0.4, 0.5) is 5.69 Å². The van der Waals surface area contributed by atoms with Crippen LogP contribution < -0.4 is 10.2 Å². The summed E-state index contributed by atoms with van der Waals surface area (Å²) >= 11 is 0. The van der Waals surface area contributed by atoms with E-state index in [4.69, 9.17) is 6.42 Å². The Kier molecular flexibility index (Phi) is 6.29. The molecule has 0 aliphatic carbocycles. The second-order valence-corrected chi connectivity index (χ2v) is 8.98. The summed E-state index contributed by atoms with van der Waals surface area (Å²) in [6, 6.07) is 8.08. The minimum atomic E-state index is -3.67. The molecule has 30 heavy (non-hydrogen) atoms. The van der Waals surface area contributed by atoms with E-state index in [2.05, 4.69) is 11.2 Å². The first-order valence-corrected chi connectivity index (χ1v) is 11.0. The number of terminal acetylenes is 1. The average Bonchev–Trinajstić information content (AvgIpc) is 3.42. The number of sulfonamides is 1. The van der Waals surface area contributed by atoms with E-state index in [1.165, 1.54) is 33.1 Å². The fourth-order valence-corrected chi connectivity index (χ4v) is 4.96. The fourth-order valence-electron chi connectivity index (χ4n) is 3.37. The molecular weight excluding hydrogens is 404 g/mol. The smallest absolute Gasteiger partial charge is 0.275 e. The Morgan fingerprint density at radius 1 is 1.23 bits per heavy atom. The van der Waals surface area contributed by atoms with Crippen LogP contribution in [-0.2, 0) is 21.9 Å². The molecule has 1 aliphatic heterocycles. The lowest BCUT2D eigenvalue weighted by Gasteiger charge is -2.22. The van der Waals surface area contributed by atoms with E-state index in [-0.39, 0.29) is 23.0 Å². The van der Waals surface area contributed by atoms with Crippen LogP contribution in [0.2, 0.25) is 0 Å². The number of hydrogen-bond acceptors (Lipinski definition) is 4. The molecule has 0 radical (unpaired) electrons. The molecule has 0 atom stereocenters. The molecule has 1 aliphatic rings. The first-order chi connectivity index (χ1) is 14.3. The topological polar surface area (TPSA) is 91.7 Å². The molecule has 2 heterocycles. The van der Waals surface area contributed by atoms with Crippen LogP contribution in [0, 0.1) is 12.3 Å². The lowest BCUT2D eigenvalue weighted by molar-refractivity contribution is -0.119. The molecule has 1 N–H and O–H groups in total. The number of benzene rings is 1.